The van der Waals surface area contributed by atoms with Crippen LogP contribution in [-0.4, -0.2) is 34.9 Å². The first-order valence-electron chi connectivity index (χ1n) is 6.76. The number of amides is 1. The Morgan fingerprint density at radius 2 is 2.05 bits per heavy atom. The fourth-order valence-electron chi connectivity index (χ4n) is 2.14. The molecule has 0 aliphatic rings. The summed E-state index contributed by atoms with van der Waals surface area (Å²) in [6.45, 7) is 8.56. The zero-order valence-corrected chi connectivity index (χ0v) is 12.3. The molecule has 1 amide bonds. The molecule has 0 atom stereocenters. The number of nitrogens with zero attached hydrogens (tertiary/aromatic N) is 2. The van der Waals surface area contributed by atoms with E-state index in [0.717, 1.165) is 0 Å². The van der Waals surface area contributed by atoms with Gasteiger partial charge in [-0.25, -0.2) is 0 Å². The number of para-hydroxylation sites is 1. The SMILES string of the molecule is CCNc1cccc(C(=O)N(CC)C(C)C)c1[N+](=O)[O-]. The normalized spacial score (nSPS) is 10.4. The van der Waals surface area contributed by atoms with Gasteiger partial charge in [0, 0.05) is 19.1 Å². The van der Waals surface area contributed by atoms with E-state index < -0.39 is 4.92 Å². The molecule has 0 saturated heterocycles. The number of carbonyl (C=O) groups is 1. The molecule has 1 aromatic rings. The molecule has 0 unspecified atom stereocenters. The predicted molar refractivity (Wildman–Crippen MR) is 79.1 cm³/mol. The molecule has 1 rings (SSSR count). The summed E-state index contributed by atoms with van der Waals surface area (Å²) < 4.78 is 0. The summed E-state index contributed by atoms with van der Waals surface area (Å²) in [5.74, 6) is -0.311. The summed E-state index contributed by atoms with van der Waals surface area (Å²) in [4.78, 5) is 24.9. The molecule has 0 radical (unpaired) electrons. The van der Waals surface area contributed by atoms with Crippen molar-refractivity contribution in [3.63, 3.8) is 0 Å². The highest BCUT2D eigenvalue weighted by atomic mass is 16.6. The van der Waals surface area contributed by atoms with E-state index in [2.05, 4.69) is 5.32 Å². The predicted octanol–water partition coefficient (Wildman–Crippen LogP) is 2.90. The lowest BCUT2D eigenvalue weighted by atomic mass is 10.1. The average molecular weight is 279 g/mol. The molecule has 0 bridgehead atoms. The van der Waals surface area contributed by atoms with Crippen LogP contribution >= 0.6 is 0 Å². The fourth-order valence-corrected chi connectivity index (χ4v) is 2.14. The molecule has 0 saturated carbocycles. The van der Waals surface area contributed by atoms with Gasteiger partial charge in [-0.2, -0.15) is 0 Å². The highest BCUT2D eigenvalue weighted by molar-refractivity contribution is 6.00. The summed E-state index contributed by atoms with van der Waals surface area (Å²) >= 11 is 0. The Morgan fingerprint density at radius 1 is 1.40 bits per heavy atom. The van der Waals surface area contributed by atoms with Gasteiger partial charge in [-0.15, -0.1) is 0 Å². The molecule has 0 aliphatic heterocycles. The van der Waals surface area contributed by atoms with Crippen molar-refractivity contribution in [2.45, 2.75) is 33.7 Å². The van der Waals surface area contributed by atoms with E-state index in [1.54, 1.807) is 17.0 Å². The van der Waals surface area contributed by atoms with Crippen molar-refractivity contribution in [1.82, 2.24) is 4.90 Å². The van der Waals surface area contributed by atoms with E-state index in [1.165, 1.54) is 6.07 Å². The lowest BCUT2D eigenvalue weighted by Crippen LogP contribution is -2.37. The Hall–Kier alpha value is -2.11. The van der Waals surface area contributed by atoms with Crippen LogP contribution < -0.4 is 5.32 Å². The van der Waals surface area contributed by atoms with Crippen LogP contribution in [0.25, 0.3) is 0 Å². The highest BCUT2D eigenvalue weighted by Gasteiger charge is 2.28. The Morgan fingerprint density at radius 3 is 2.50 bits per heavy atom. The first-order valence-corrected chi connectivity index (χ1v) is 6.76. The lowest BCUT2D eigenvalue weighted by molar-refractivity contribution is -0.384. The van der Waals surface area contributed by atoms with Crippen LogP contribution in [0.2, 0.25) is 0 Å². The van der Waals surface area contributed by atoms with Gasteiger partial charge < -0.3 is 10.2 Å². The summed E-state index contributed by atoms with van der Waals surface area (Å²) in [5.41, 5.74) is 0.352. The van der Waals surface area contributed by atoms with Crippen LogP contribution in [0.4, 0.5) is 11.4 Å². The van der Waals surface area contributed by atoms with Gasteiger partial charge in [0.15, 0.2) is 0 Å². The second kappa shape index (κ2) is 6.88. The van der Waals surface area contributed by atoms with Gasteiger partial charge >= 0.3 is 5.69 Å². The number of nitro benzene ring substituents is 1. The largest absolute Gasteiger partial charge is 0.380 e. The third-order valence-electron chi connectivity index (χ3n) is 3.04. The maximum absolute atomic E-state index is 12.5. The van der Waals surface area contributed by atoms with Gasteiger partial charge in [0.1, 0.15) is 11.3 Å². The first kappa shape index (κ1) is 15.9. The van der Waals surface area contributed by atoms with E-state index in [9.17, 15) is 14.9 Å². The standard InChI is InChI=1S/C14H21N3O3/c1-5-15-12-9-7-8-11(13(12)17(19)20)14(18)16(6-2)10(3)4/h7-10,15H,5-6H2,1-4H3. The highest BCUT2D eigenvalue weighted by Crippen LogP contribution is 2.29. The Balaban J connectivity index is 3.33. The summed E-state index contributed by atoms with van der Waals surface area (Å²) in [7, 11) is 0. The topological polar surface area (TPSA) is 75.5 Å². The number of carbonyl (C=O) groups excluding carboxylic acids is 1. The number of rotatable bonds is 6. The molecular formula is C14H21N3O3. The number of hydrogen-bond donors (Lipinski definition) is 1. The minimum absolute atomic E-state index is 0.00473. The number of benzene rings is 1. The van der Waals surface area contributed by atoms with E-state index in [1.807, 2.05) is 27.7 Å². The van der Waals surface area contributed by atoms with Crippen molar-refractivity contribution >= 4 is 17.3 Å². The summed E-state index contributed by atoms with van der Waals surface area (Å²) in [6, 6.07) is 4.78. The molecule has 0 aliphatic carbocycles. The lowest BCUT2D eigenvalue weighted by Gasteiger charge is -2.25. The molecule has 0 aromatic heterocycles. The molecule has 0 fully saturated rings. The van der Waals surface area contributed by atoms with Crippen LogP contribution in [0, 0.1) is 10.1 Å². The minimum atomic E-state index is -0.501. The Kier molecular flexibility index (Phi) is 5.49. The molecule has 0 heterocycles. The van der Waals surface area contributed by atoms with Crippen molar-refractivity contribution in [2.75, 3.05) is 18.4 Å². The monoisotopic (exact) mass is 279 g/mol. The van der Waals surface area contributed by atoms with Gasteiger partial charge in [-0.1, -0.05) is 6.07 Å². The van der Waals surface area contributed by atoms with E-state index in [4.69, 9.17) is 0 Å². The maximum atomic E-state index is 12.5. The van der Waals surface area contributed by atoms with Crippen LogP contribution in [0.1, 0.15) is 38.1 Å². The van der Waals surface area contributed by atoms with Crippen molar-refractivity contribution in [3.05, 3.63) is 33.9 Å². The zero-order chi connectivity index (χ0) is 15.3. The maximum Gasteiger partial charge on any atom is 0.305 e. The molecular weight excluding hydrogens is 258 g/mol. The number of anilines is 1. The van der Waals surface area contributed by atoms with Crippen LogP contribution in [0.15, 0.2) is 18.2 Å². The first-order chi connectivity index (χ1) is 9.43. The molecule has 110 valence electrons. The smallest absolute Gasteiger partial charge is 0.305 e. The quantitative estimate of drug-likeness (QED) is 0.641. The van der Waals surface area contributed by atoms with Crippen molar-refractivity contribution in [3.8, 4) is 0 Å². The van der Waals surface area contributed by atoms with Gasteiger partial charge in [0.2, 0.25) is 0 Å². The van der Waals surface area contributed by atoms with E-state index >= 15 is 0 Å². The third-order valence-corrected chi connectivity index (χ3v) is 3.04. The second-order valence-corrected chi connectivity index (χ2v) is 4.67. The Labute approximate surface area is 118 Å². The molecule has 1 N–H and O–H groups in total. The van der Waals surface area contributed by atoms with Crippen molar-refractivity contribution in [1.29, 1.82) is 0 Å². The fraction of sp³-hybridized carbons (Fsp3) is 0.500. The van der Waals surface area contributed by atoms with Crippen molar-refractivity contribution < 1.29 is 9.72 Å². The zero-order valence-electron chi connectivity index (χ0n) is 12.3. The third kappa shape index (κ3) is 3.26. The molecule has 20 heavy (non-hydrogen) atoms. The van der Waals surface area contributed by atoms with E-state index in [-0.39, 0.29) is 23.2 Å². The Bertz CT molecular complexity index is 500. The summed E-state index contributed by atoms with van der Waals surface area (Å²) in [6.07, 6.45) is 0. The van der Waals surface area contributed by atoms with Gasteiger partial charge in [-0.3, -0.25) is 14.9 Å². The van der Waals surface area contributed by atoms with Crippen LogP contribution in [0.3, 0.4) is 0 Å². The molecule has 6 heteroatoms. The minimum Gasteiger partial charge on any atom is -0.380 e. The van der Waals surface area contributed by atoms with Crippen LogP contribution in [-0.2, 0) is 0 Å². The van der Waals surface area contributed by atoms with Crippen LogP contribution in [0.5, 0.6) is 0 Å². The molecule has 6 nitrogen and oxygen atoms in total. The van der Waals surface area contributed by atoms with Crippen molar-refractivity contribution in [2.24, 2.45) is 0 Å². The summed E-state index contributed by atoms with van der Waals surface area (Å²) in [5, 5.41) is 14.2. The second-order valence-electron chi connectivity index (χ2n) is 4.67. The number of nitrogens with one attached hydrogen (secondary N) is 1. The van der Waals surface area contributed by atoms with Gasteiger partial charge in [0.05, 0.1) is 4.92 Å². The molecule has 1 aromatic carbocycles. The average Bonchev–Trinajstić information content (AvgIpc) is 2.38. The van der Waals surface area contributed by atoms with E-state index in [0.29, 0.717) is 18.8 Å². The number of hydrogen-bond acceptors (Lipinski definition) is 4. The number of nitro groups is 1. The van der Waals surface area contributed by atoms with Gasteiger partial charge in [-0.05, 0) is 39.8 Å². The molecule has 0 spiro atoms. The van der Waals surface area contributed by atoms with Gasteiger partial charge in [0.25, 0.3) is 5.91 Å².